The monoisotopic (exact) mass is 283 g/mol. The van der Waals surface area contributed by atoms with Gasteiger partial charge in [0.15, 0.2) is 0 Å². The van der Waals surface area contributed by atoms with Gasteiger partial charge in [-0.1, -0.05) is 31.2 Å². The van der Waals surface area contributed by atoms with E-state index in [1.54, 1.807) is 0 Å². The average molecular weight is 283 g/mol. The van der Waals surface area contributed by atoms with Crippen molar-refractivity contribution in [2.75, 3.05) is 13.1 Å². The van der Waals surface area contributed by atoms with Crippen molar-refractivity contribution in [2.24, 2.45) is 5.92 Å². The summed E-state index contributed by atoms with van der Waals surface area (Å²) in [7, 11) is 0. The van der Waals surface area contributed by atoms with E-state index < -0.39 is 0 Å². The first-order chi connectivity index (χ1) is 10.3. The van der Waals surface area contributed by atoms with Gasteiger partial charge in [-0.3, -0.25) is 9.58 Å². The number of hydrogen-bond donors (Lipinski definition) is 0. The minimum atomic E-state index is 0.858. The molecule has 1 saturated carbocycles. The molecule has 0 N–H and O–H groups in total. The van der Waals surface area contributed by atoms with Crippen molar-refractivity contribution in [3.8, 4) is 0 Å². The van der Waals surface area contributed by atoms with Crippen molar-refractivity contribution in [2.45, 2.75) is 39.3 Å². The third-order valence-electron chi connectivity index (χ3n) is 4.05. The predicted octanol–water partition coefficient (Wildman–Crippen LogP) is 3.55. The molecule has 1 heterocycles. The summed E-state index contributed by atoms with van der Waals surface area (Å²) in [6.07, 6.45) is 7.95. The van der Waals surface area contributed by atoms with E-state index in [0.29, 0.717) is 0 Å². The van der Waals surface area contributed by atoms with Crippen molar-refractivity contribution < 1.29 is 0 Å². The first-order valence-electron chi connectivity index (χ1n) is 8.11. The van der Waals surface area contributed by atoms with Crippen LogP contribution in [0.15, 0.2) is 42.7 Å². The van der Waals surface area contributed by atoms with Crippen molar-refractivity contribution in [1.29, 1.82) is 0 Å². The normalized spacial score (nSPS) is 14.8. The second kappa shape index (κ2) is 6.90. The molecule has 1 aromatic heterocycles. The first kappa shape index (κ1) is 14.3. The lowest BCUT2D eigenvalue weighted by atomic mass is 10.1. The van der Waals surface area contributed by atoms with Gasteiger partial charge in [-0.05, 0) is 48.9 Å². The van der Waals surface area contributed by atoms with Crippen LogP contribution in [0.25, 0.3) is 0 Å². The Morgan fingerprint density at radius 1 is 1.24 bits per heavy atom. The highest BCUT2D eigenvalue weighted by Crippen LogP contribution is 2.30. The molecule has 1 aromatic carbocycles. The van der Waals surface area contributed by atoms with Crippen LogP contribution in [0.3, 0.4) is 0 Å². The predicted molar refractivity (Wildman–Crippen MR) is 86.1 cm³/mol. The van der Waals surface area contributed by atoms with Gasteiger partial charge >= 0.3 is 0 Å². The van der Waals surface area contributed by atoms with Crippen LogP contribution in [0.2, 0.25) is 0 Å². The van der Waals surface area contributed by atoms with Crippen LogP contribution < -0.4 is 0 Å². The number of aromatic nitrogens is 2. The van der Waals surface area contributed by atoms with Gasteiger partial charge in [0.2, 0.25) is 0 Å². The summed E-state index contributed by atoms with van der Waals surface area (Å²) in [6.45, 7) is 6.69. The van der Waals surface area contributed by atoms with Gasteiger partial charge in [-0.2, -0.15) is 5.10 Å². The molecule has 0 amide bonds. The van der Waals surface area contributed by atoms with Gasteiger partial charge in [0.1, 0.15) is 0 Å². The lowest BCUT2D eigenvalue weighted by Gasteiger charge is -2.22. The van der Waals surface area contributed by atoms with E-state index >= 15 is 0 Å². The van der Waals surface area contributed by atoms with Gasteiger partial charge < -0.3 is 0 Å². The molecular formula is C18H25N3. The summed E-state index contributed by atoms with van der Waals surface area (Å²) >= 11 is 0. The summed E-state index contributed by atoms with van der Waals surface area (Å²) in [6, 6.07) is 10.9. The number of hydrogen-bond acceptors (Lipinski definition) is 2. The molecule has 21 heavy (non-hydrogen) atoms. The van der Waals surface area contributed by atoms with Crippen LogP contribution in [0.4, 0.5) is 0 Å². The zero-order valence-corrected chi connectivity index (χ0v) is 12.9. The molecule has 0 radical (unpaired) electrons. The SMILES string of the molecule is CCCN(Cc1cccc(Cn2cccn2)c1)CC1CC1. The Morgan fingerprint density at radius 2 is 2.10 bits per heavy atom. The molecule has 112 valence electrons. The van der Waals surface area contributed by atoms with Crippen molar-refractivity contribution in [3.63, 3.8) is 0 Å². The molecule has 0 unspecified atom stereocenters. The number of benzene rings is 1. The summed E-state index contributed by atoms with van der Waals surface area (Å²) in [5, 5.41) is 4.29. The maximum Gasteiger partial charge on any atom is 0.0659 e. The fourth-order valence-electron chi connectivity index (χ4n) is 2.88. The van der Waals surface area contributed by atoms with Crippen molar-refractivity contribution in [3.05, 3.63) is 53.9 Å². The van der Waals surface area contributed by atoms with Gasteiger partial charge in [0.05, 0.1) is 6.54 Å². The Morgan fingerprint density at radius 3 is 2.81 bits per heavy atom. The van der Waals surface area contributed by atoms with E-state index in [4.69, 9.17) is 0 Å². The third kappa shape index (κ3) is 4.43. The summed E-state index contributed by atoms with van der Waals surface area (Å²) < 4.78 is 1.98. The topological polar surface area (TPSA) is 21.1 Å². The van der Waals surface area contributed by atoms with Gasteiger partial charge in [-0.25, -0.2) is 0 Å². The van der Waals surface area contributed by atoms with Crippen LogP contribution in [-0.2, 0) is 13.1 Å². The van der Waals surface area contributed by atoms with E-state index in [9.17, 15) is 0 Å². The van der Waals surface area contributed by atoms with Crippen molar-refractivity contribution >= 4 is 0 Å². The van der Waals surface area contributed by atoms with E-state index in [-0.39, 0.29) is 0 Å². The van der Waals surface area contributed by atoms with Gasteiger partial charge in [0.25, 0.3) is 0 Å². The summed E-state index contributed by atoms with van der Waals surface area (Å²) in [5.74, 6) is 0.962. The van der Waals surface area contributed by atoms with Crippen LogP contribution in [-0.4, -0.2) is 27.8 Å². The maximum atomic E-state index is 4.29. The van der Waals surface area contributed by atoms with E-state index in [1.165, 1.54) is 43.5 Å². The van der Waals surface area contributed by atoms with Gasteiger partial charge in [-0.15, -0.1) is 0 Å². The second-order valence-corrected chi connectivity index (χ2v) is 6.20. The quantitative estimate of drug-likeness (QED) is 0.738. The van der Waals surface area contributed by atoms with Crippen LogP contribution in [0, 0.1) is 5.92 Å². The molecule has 0 atom stereocenters. The summed E-state index contributed by atoms with van der Waals surface area (Å²) in [5.41, 5.74) is 2.76. The molecule has 3 heteroatoms. The lowest BCUT2D eigenvalue weighted by Crippen LogP contribution is -2.26. The zero-order valence-electron chi connectivity index (χ0n) is 12.9. The average Bonchev–Trinajstić information content (AvgIpc) is 3.13. The van der Waals surface area contributed by atoms with Crippen LogP contribution in [0.5, 0.6) is 0 Å². The lowest BCUT2D eigenvalue weighted by molar-refractivity contribution is 0.255. The van der Waals surface area contributed by atoms with E-state index in [0.717, 1.165) is 19.0 Å². The molecule has 1 fully saturated rings. The Balaban J connectivity index is 1.63. The minimum Gasteiger partial charge on any atom is -0.299 e. The van der Waals surface area contributed by atoms with Gasteiger partial charge in [0, 0.05) is 25.5 Å². The Kier molecular flexibility index (Phi) is 4.71. The van der Waals surface area contributed by atoms with E-state index in [2.05, 4.69) is 41.2 Å². The maximum absolute atomic E-state index is 4.29. The third-order valence-corrected chi connectivity index (χ3v) is 4.05. The molecule has 0 spiro atoms. The van der Waals surface area contributed by atoms with Crippen molar-refractivity contribution in [1.82, 2.24) is 14.7 Å². The molecule has 1 aliphatic rings. The molecule has 2 aromatic rings. The summed E-state index contributed by atoms with van der Waals surface area (Å²) in [4.78, 5) is 2.62. The van der Waals surface area contributed by atoms with Crippen LogP contribution in [0.1, 0.15) is 37.3 Å². The molecule has 3 nitrogen and oxygen atoms in total. The molecular weight excluding hydrogens is 258 g/mol. The highest BCUT2D eigenvalue weighted by Gasteiger charge is 2.23. The molecule has 0 aliphatic heterocycles. The molecule has 1 aliphatic carbocycles. The number of nitrogens with zero attached hydrogens (tertiary/aromatic N) is 3. The molecule has 0 bridgehead atoms. The molecule has 0 saturated heterocycles. The largest absolute Gasteiger partial charge is 0.299 e. The Hall–Kier alpha value is -1.61. The molecule has 3 rings (SSSR count). The fourth-order valence-corrected chi connectivity index (χ4v) is 2.88. The highest BCUT2D eigenvalue weighted by molar-refractivity contribution is 5.23. The highest BCUT2D eigenvalue weighted by atomic mass is 15.3. The second-order valence-electron chi connectivity index (χ2n) is 6.20. The number of rotatable bonds is 8. The van der Waals surface area contributed by atoms with E-state index in [1.807, 2.05) is 23.1 Å². The Bertz CT molecular complexity index is 543. The standard InChI is InChI=1S/C18H25N3/c1-2-10-20(13-16-7-8-16)14-17-5-3-6-18(12-17)15-21-11-4-9-19-21/h3-6,9,11-12,16H,2,7-8,10,13-15H2,1H3. The fraction of sp³-hybridized carbons (Fsp3) is 0.500. The van der Waals surface area contributed by atoms with Crippen LogP contribution >= 0.6 is 0 Å². The zero-order chi connectivity index (χ0) is 14.5. The smallest absolute Gasteiger partial charge is 0.0659 e. The minimum absolute atomic E-state index is 0.858. The Labute approximate surface area is 127 Å². The first-order valence-corrected chi connectivity index (χ1v) is 8.11.